The first-order valence-corrected chi connectivity index (χ1v) is 7.07. The second-order valence-electron chi connectivity index (χ2n) is 4.88. The van der Waals surface area contributed by atoms with Crippen LogP contribution in [0.5, 0.6) is 0 Å². The summed E-state index contributed by atoms with van der Waals surface area (Å²) in [5.41, 5.74) is 1.09. The number of aromatic nitrogens is 3. The molecule has 2 aromatic rings. The maximum Gasteiger partial charge on any atom is 0.226 e. The molecule has 0 unspecified atom stereocenters. The van der Waals surface area contributed by atoms with E-state index in [1.807, 2.05) is 31.3 Å². The summed E-state index contributed by atoms with van der Waals surface area (Å²) in [5.74, 6) is 0.882. The van der Waals surface area contributed by atoms with Crippen molar-refractivity contribution in [2.75, 3.05) is 11.9 Å². The monoisotopic (exact) mass is 294 g/mol. The van der Waals surface area contributed by atoms with E-state index in [9.17, 15) is 0 Å². The SMILES string of the molecule is CN(Cc1ccccc1Cl)c1n[nH]c(=S)n1C1CC1. The van der Waals surface area contributed by atoms with Gasteiger partial charge < -0.3 is 4.90 Å². The summed E-state index contributed by atoms with van der Waals surface area (Å²) in [5, 5.41) is 7.99. The zero-order valence-electron chi connectivity index (χ0n) is 10.6. The molecule has 1 aromatic heterocycles. The molecular formula is C13H15ClN4S. The number of nitrogens with zero attached hydrogens (tertiary/aromatic N) is 3. The predicted octanol–water partition coefficient (Wildman–Crippen LogP) is 3.57. The normalized spacial score (nSPS) is 14.6. The number of rotatable bonds is 4. The summed E-state index contributed by atoms with van der Waals surface area (Å²) in [6, 6.07) is 8.37. The van der Waals surface area contributed by atoms with Gasteiger partial charge >= 0.3 is 0 Å². The molecule has 6 heteroatoms. The van der Waals surface area contributed by atoms with Crippen molar-refractivity contribution in [2.45, 2.75) is 25.4 Å². The average Bonchev–Trinajstić information content (AvgIpc) is 3.15. The molecule has 0 spiro atoms. The molecule has 1 aliphatic carbocycles. The smallest absolute Gasteiger partial charge is 0.226 e. The van der Waals surface area contributed by atoms with Gasteiger partial charge in [0.2, 0.25) is 5.95 Å². The molecule has 1 aromatic carbocycles. The molecular weight excluding hydrogens is 280 g/mol. The van der Waals surface area contributed by atoms with Gasteiger partial charge in [0.25, 0.3) is 0 Å². The van der Waals surface area contributed by atoms with Gasteiger partial charge in [-0.1, -0.05) is 29.8 Å². The van der Waals surface area contributed by atoms with Crippen LogP contribution >= 0.6 is 23.8 Å². The van der Waals surface area contributed by atoms with Crippen LogP contribution < -0.4 is 4.90 Å². The van der Waals surface area contributed by atoms with Gasteiger partial charge in [-0.05, 0) is 36.7 Å². The first-order chi connectivity index (χ1) is 9.16. The topological polar surface area (TPSA) is 36.9 Å². The molecule has 1 fully saturated rings. The number of halogens is 1. The van der Waals surface area contributed by atoms with Gasteiger partial charge in [-0.15, -0.1) is 5.10 Å². The van der Waals surface area contributed by atoms with Crippen molar-refractivity contribution in [1.29, 1.82) is 0 Å². The van der Waals surface area contributed by atoms with Gasteiger partial charge in [0, 0.05) is 24.7 Å². The largest absolute Gasteiger partial charge is 0.340 e. The van der Waals surface area contributed by atoms with Crippen molar-refractivity contribution in [3.05, 3.63) is 39.6 Å². The molecule has 100 valence electrons. The van der Waals surface area contributed by atoms with Crippen LogP contribution in [0.1, 0.15) is 24.4 Å². The maximum absolute atomic E-state index is 6.19. The Balaban J connectivity index is 1.87. The van der Waals surface area contributed by atoms with E-state index in [-0.39, 0.29) is 0 Å². The summed E-state index contributed by atoms with van der Waals surface area (Å²) in [4.78, 5) is 2.08. The number of H-pyrrole nitrogens is 1. The minimum atomic E-state index is 0.509. The van der Waals surface area contributed by atoms with Crippen LogP contribution in [0.2, 0.25) is 5.02 Å². The molecule has 4 nitrogen and oxygen atoms in total. The van der Waals surface area contributed by atoms with E-state index in [2.05, 4.69) is 19.7 Å². The van der Waals surface area contributed by atoms with Crippen LogP contribution in [-0.4, -0.2) is 21.8 Å². The van der Waals surface area contributed by atoms with Crippen molar-refractivity contribution in [2.24, 2.45) is 0 Å². The molecule has 3 rings (SSSR count). The highest BCUT2D eigenvalue weighted by atomic mass is 35.5. The maximum atomic E-state index is 6.19. The van der Waals surface area contributed by atoms with Gasteiger partial charge in [0.05, 0.1) is 0 Å². The second kappa shape index (κ2) is 4.98. The highest BCUT2D eigenvalue weighted by Gasteiger charge is 2.28. The molecule has 0 aliphatic heterocycles. The first kappa shape index (κ1) is 12.7. The van der Waals surface area contributed by atoms with Gasteiger partial charge in [0.15, 0.2) is 4.77 Å². The molecule has 1 aliphatic rings. The van der Waals surface area contributed by atoms with E-state index in [1.54, 1.807) is 0 Å². The highest BCUT2D eigenvalue weighted by molar-refractivity contribution is 7.71. The van der Waals surface area contributed by atoms with Crippen molar-refractivity contribution in [1.82, 2.24) is 14.8 Å². The molecule has 0 bridgehead atoms. The molecule has 0 atom stereocenters. The van der Waals surface area contributed by atoms with Gasteiger partial charge in [-0.3, -0.25) is 4.57 Å². The van der Waals surface area contributed by atoms with Crippen LogP contribution in [0.4, 0.5) is 5.95 Å². The van der Waals surface area contributed by atoms with Crippen molar-refractivity contribution >= 4 is 29.8 Å². The summed E-state index contributed by atoms with van der Waals surface area (Å²) in [6.45, 7) is 0.714. The molecule has 0 amide bonds. The molecule has 0 radical (unpaired) electrons. The Morgan fingerprint density at radius 1 is 1.47 bits per heavy atom. The Morgan fingerprint density at radius 3 is 2.89 bits per heavy atom. The lowest BCUT2D eigenvalue weighted by Crippen LogP contribution is -2.21. The Kier molecular flexibility index (Phi) is 3.33. The fourth-order valence-corrected chi connectivity index (χ4v) is 2.65. The second-order valence-corrected chi connectivity index (χ2v) is 5.67. The van der Waals surface area contributed by atoms with E-state index < -0.39 is 0 Å². The van der Waals surface area contributed by atoms with Crippen molar-refractivity contribution < 1.29 is 0 Å². The third-order valence-electron chi connectivity index (χ3n) is 3.30. The Hall–Kier alpha value is -1.33. The summed E-state index contributed by atoms with van der Waals surface area (Å²) >= 11 is 11.5. The summed E-state index contributed by atoms with van der Waals surface area (Å²) in [7, 11) is 2.01. The van der Waals surface area contributed by atoms with Gasteiger partial charge in [0.1, 0.15) is 0 Å². The number of hydrogen-bond donors (Lipinski definition) is 1. The number of anilines is 1. The number of aromatic amines is 1. The molecule has 1 heterocycles. The van der Waals surface area contributed by atoms with Crippen LogP contribution in [0.15, 0.2) is 24.3 Å². The minimum Gasteiger partial charge on any atom is -0.340 e. The van der Waals surface area contributed by atoms with E-state index in [0.717, 1.165) is 16.5 Å². The van der Waals surface area contributed by atoms with Crippen LogP contribution in [-0.2, 0) is 6.54 Å². The number of hydrogen-bond acceptors (Lipinski definition) is 3. The van der Waals surface area contributed by atoms with Gasteiger partial charge in [-0.2, -0.15) is 0 Å². The summed E-state index contributed by atoms with van der Waals surface area (Å²) in [6.07, 6.45) is 2.36. The number of nitrogens with one attached hydrogen (secondary N) is 1. The Labute approximate surface area is 122 Å². The third-order valence-corrected chi connectivity index (χ3v) is 3.96. The van der Waals surface area contributed by atoms with E-state index in [0.29, 0.717) is 17.4 Å². The van der Waals surface area contributed by atoms with E-state index >= 15 is 0 Å². The van der Waals surface area contributed by atoms with Gasteiger partial charge in [-0.25, -0.2) is 5.10 Å². The standard InChI is InChI=1S/C13H15ClN4S/c1-17(8-9-4-2-3-5-11(9)14)12-15-16-13(19)18(12)10-6-7-10/h2-5,10H,6-8H2,1H3,(H,16,19). The highest BCUT2D eigenvalue weighted by Crippen LogP contribution is 2.37. The fraction of sp³-hybridized carbons (Fsp3) is 0.385. The van der Waals surface area contributed by atoms with Crippen LogP contribution in [0, 0.1) is 4.77 Å². The Bertz CT molecular complexity index is 644. The Morgan fingerprint density at radius 2 is 2.21 bits per heavy atom. The lowest BCUT2D eigenvalue weighted by molar-refractivity contribution is 0.700. The molecule has 19 heavy (non-hydrogen) atoms. The first-order valence-electron chi connectivity index (χ1n) is 6.28. The van der Waals surface area contributed by atoms with Crippen LogP contribution in [0.25, 0.3) is 0 Å². The predicted molar refractivity (Wildman–Crippen MR) is 79.2 cm³/mol. The number of benzene rings is 1. The third kappa shape index (κ3) is 2.53. The minimum absolute atomic E-state index is 0.509. The molecule has 1 saturated carbocycles. The van der Waals surface area contributed by atoms with E-state index in [1.165, 1.54) is 12.8 Å². The van der Waals surface area contributed by atoms with E-state index in [4.69, 9.17) is 23.8 Å². The fourth-order valence-electron chi connectivity index (χ4n) is 2.18. The quantitative estimate of drug-likeness (QED) is 0.876. The lowest BCUT2D eigenvalue weighted by Gasteiger charge is -2.19. The molecule has 1 N–H and O–H groups in total. The summed E-state index contributed by atoms with van der Waals surface area (Å²) < 4.78 is 2.80. The average molecular weight is 295 g/mol. The van der Waals surface area contributed by atoms with Crippen molar-refractivity contribution in [3.63, 3.8) is 0 Å². The zero-order chi connectivity index (χ0) is 13.4. The van der Waals surface area contributed by atoms with Crippen molar-refractivity contribution in [3.8, 4) is 0 Å². The lowest BCUT2D eigenvalue weighted by atomic mass is 10.2. The van der Waals surface area contributed by atoms with Crippen LogP contribution in [0.3, 0.4) is 0 Å². The molecule has 0 saturated heterocycles. The zero-order valence-corrected chi connectivity index (χ0v) is 12.2.